The Labute approximate surface area is 258 Å². The molecule has 0 radical (unpaired) electrons. The van der Waals surface area contributed by atoms with Crippen molar-refractivity contribution in [1.29, 1.82) is 0 Å². The van der Waals surface area contributed by atoms with E-state index in [1.54, 1.807) is 37.1 Å². The molecule has 10 heteroatoms. The third-order valence-corrected chi connectivity index (χ3v) is 7.43. The largest absolute Gasteiger partial charge is 0.368 e. The lowest BCUT2D eigenvalue weighted by molar-refractivity contribution is -0.130. The molecule has 1 aromatic rings. The molecule has 41 heavy (non-hydrogen) atoms. The molecule has 8 nitrogen and oxygen atoms in total. The Morgan fingerprint density at radius 3 is 2.27 bits per heavy atom. The summed E-state index contributed by atoms with van der Waals surface area (Å²) in [6.07, 6.45) is 10.3. The van der Waals surface area contributed by atoms with E-state index in [2.05, 4.69) is 62.0 Å². The predicted molar refractivity (Wildman–Crippen MR) is 185 cm³/mol. The molecular formula is C31H55N7OS2. The van der Waals surface area contributed by atoms with Gasteiger partial charge in [-0.05, 0) is 44.5 Å². The molecule has 3 heterocycles. The van der Waals surface area contributed by atoms with E-state index in [4.69, 9.17) is 0 Å². The second-order valence-electron chi connectivity index (χ2n) is 7.68. The van der Waals surface area contributed by atoms with Crippen LogP contribution >= 0.6 is 23.1 Å². The number of guanidine groups is 1. The summed E-state index contributed by atoms with van der Waals surface area (Å²) < 4.78 is 1.10. The Morgan fingerprint density at radius 2 is 1.76 bits per heavy atom. The van der Waals surface area contributed by atoms with Crippen molar-refractivity contribution in [3.63, 3.8) is 0 Å². The number of aliphatic imine (C=N–C) groups is 3. The van der Waals surface area contributed by atoms with Crippen LogP contribution in [0.5, 0.6) is 0 Å². The number of piperazine rings is 1. The van der Waals surface area contributed by atoms with Crippen LogP contribution < -0.4 is 5.32 Å². The molecule has 232 valence electrons. The molecule has 1 amide bonds. The minimum Gasteiger partial charge on any atom is -0.368 e. The van der Waals surface area contributed by atoms with Gasteiger partial charge in [0.2, 0.25) is 11.9 Å². The summed E-state index contributed by atoms with van der Waals surface area (Å²) >= 11 is 3.47. The van der Waals surface area contributed by atoms with Crippen LogP contribution in [0, 0.1) is 6.92 Å². The number of amides is 1. The van der Waals surface area contributed by atoms with Gasteiger partial charge in [-0.3, -0.25) is 14.8 Å². The van der Waals surface area contributed by atoms with E-state index in [9.17, 15) is 4.79 Å². The van der Waals surface area contributed by atoms with Gasteiger partial charge in [-0.2, -0.15) is 0 Å². The maximum absolute atomic E-state index is 11.2. The highest BCUT2D eigenvalue weighted by atomic mass is 32.2. The first kappa shape index (κ1) is 40.4. The van der Waals surface area contributed by atoms with Gasteiger partial charge < -0.3 is 15.1 Å². The standard InChI is InChI=1S/C13H21N3O.C12H16N4S2.3C2H6/c1-4-5-13(6-7-14-3)16-10-8-15(9-11-16)12(2)17;1-4-17-12-15-8(2)10(18-12)9-6-5-7-14-11(13-3)16-9;3*1-2/h4-6H,3,7-11H2,1-2H3;5-6H,4,7H2,1-3H3,(H,13,14);3*1-2H3/b5-4-,13-6?;;;;. The number of aromatic nitrogens is 1. The Morgan fingerprint density at radius 1 is 1.15 bits per heavy atom. The zero-order valence-electron chi connectivity index (χ0n) is 27.5. The molecule has 0 aliphatic carbocycles. The summed E-state index contributed by atoms with van der Waals surface area (Å²) in [5.41, 5.74) is 3.15. The van der Waals surface area contributed by atoms with Crippen molar-refractivity contribution in [3.8, 4) is 0 Å². The minimum absolute atomic E-state index is 0.161. The summed E-state index contributed by atoms with van der Waals surface area (Å²) in [6.45, 7) is 28.0. The number of nitrogens with one attached hydrogen (secondary N) is 1. The van der Waals surface area contributed by atoms with Crippen LogP contribution in [0.4, 0.5) is 0 Å². The lowest BCUT2D eigenvalue weighted by Crippen LogP contribution is -2.47. The van der Waals surface area contributed by atoms with Crippen molar-refractivity contribution in [1.82, 2.24) is 20.1 Å². The Hall–Kier alpha value is -2.72. The minimum atomic E-state index is 0.161. The number of hydrogen-bond donors (Lipinski definition) is 1. The summed E-state index contributed by atoms with van der Waals surface area (Å²) in [5, 5.41) is 3.14. The van der Waals surface area contributed by atoms with Gasteiger partial charge in [0.05, 0.1) is 22.8 Å². The van der Waals surface area contributed by atoms with Crippen LogP contribution in [-0.4, -0.2) is 91.1 Å². The van der Waals surface area contributed by atoms with Crippen molar-refractivity contribution in [3.05, 3.63) is 46.6 Å². The maximum atomic E-state index is 11.2. The Balaban J connectivity index is 0. The highest BCUT2D eigenvalue weighted by molar-refractivity contribution is 8.01. The molecule has 1 N–H and O–H groups in total. The van der Waals surface area contributed by atoms with Crippen LogP contribution in [0.1, 0.15) is 72.9 Å². The van der Waals surface area contributed by atoms with E-state index in [0.717, 1.165) is 59.1 Å². The molecular weight excluding hydrogens is 551 g/mol. The van der Waals surface area contributed by atoms with Gasteiger partial charge >= 0.3 is 0 Å². The number of allylic oxidation sites excluding steroid dienone is 3. The third-order valence-electron chi connectivity index (χ3n) is 5.23. The van der Waals surface area contributed by atoms with E-state index in [1.165, 1.54) is 5.70 Å². The van der Waals surface area contributed by atoms with E-state index < -0.39 is 0 Å². The number of rotatable bonds is 7. The van der Waals surface area contributed by atoms with Gasteiger partial charge in [-0.1, -0.05) is 72.4 Å². The number of hydrogen-bond acceptors (Lipinski definition) is 7. The van der Waals surface area contributed by atoms with E-state index >= 15 is 0 Å². The van der Waals surface area contributed by atoms with Crippen LogP contribution in [0.15, 0.2) is 55.4 Å². The number of nitrogens with zero attached hydrogens (tertiary/aromatic N) is 6. The monoisotopic (exact) mass is 605 g/mol. The summed E-state index contributed by atoms with van der Waals surface area (Å²) in [7, 11) is 1.74. The van der Waals surface area contributed by atoms with Gasteiger partial charge in [0, 0.05) is 52.4 Å². The number of thioether (sulfide) groups is 1. The quantitative estimate of drug-likeness (QED) is 0.208. The van der Waals surface area contributed by atoms with Gasteiger partial charge in [-0.25, -0.2) is 9.98 Å². The van der Waals surface area contributed by atoms with E-state index in [-0.39, 0.29) is 5.91 Å². The average Bonchev–Trinajstić information content (AvgIpc) is 3.22. The molecule has 1 saturated heterocycles. The Kier molecular flexibility index (Phi) is 25.8. The van der Waals surface area contributed by atoms with Gasteiger partial charge in [0.1, 0.15) is 0 Å². The lowest BCUT2D eigenvalue weighted by atomic mass is 10.2. The van der Waals surface area contributed by atoms with Crippen molar-refractivity contribution in [2.24, 2.45) is 15.0 Å². The fraction of sp³-hybridized carbons (Fsp3) is 0.581. The molecule has 2 aliphatic rings. The van der Waals surface area contributed by atoms with E-state index in [0.29, 0.717) is 12.5 Å². The summed E-state index contributed by atoms with van der Waals surface area (Å²) in [5.74, 6) is 1.87. The smallest absolute Gasteiger partial charge is 0.219 e. The zero-order valence-corrected chi connectivity index (χ0v) is 29.1. The molecule has 0 atom stereocenters. The van der Waals surface area contributed by atoms with Crippen LogP contribution in [0.3, 0.4) is 0 Å². The first-order chi connectivity index (χ1) is 19.9. The van der Waals surface area contributed by atoms with E-state index in [1.807, 2.05) is 72.4 Å². The molecule has 0 spiro atoms. The second-order valence-corrected chi connectivity index (χ2v) is 10.2. The molecule has 1 aromatic heterocycles. The predicted octanol–water partition coefficient (Wildman–Crippen LogP) is 6.89. The maximum Gasteiger partial charge on any atom is 0.219 e. The molecule has 0 unspecified atom stereocenters. The molecule has 0 saturated carbocycles. The number of aryl methyl sites for hydroxylation is 1. The summed E-state index contributed by atoms with van der Waals surface area (Å²) in [6, 6.07) is 0. The third kappa shape index (κ3) is 15.7. The van der Waals surface area contributed by atoms with Crippen LogP contribution in [0.25, 0.3) is 0 Å². The lowest BCUT2D eigenvalue weighted by Gasteiger charge is -2.36. The molecule has 0 aromatic carbocycles. The number of carbonyl (C=O) groups is 1. The molecule has 0 bridgehead atoms. The van der Waals surface area contributed by atoms with Crippen molar-refractivity contribution in [2.45, 2.75) is 73.6 Å². The fourth-order valence-electron chi connectivity index (χ4n) is 3.47. The molecule has 1 fully saturated rings. The van der Waals surface area contributed by atoms with Gasteiger partial charge in [0.25, 0.3) is 0 Å². The highest BCUT2D eigenvalue weighted by Gasteiger charge is 2.19. The van der Waals surface area contributed by atoms with Crippen LogP contribution in [-0.2, 0) is 4.79 Å². The highest BCUT2D eigenvalue weighted by Crippen LogP contribution is 2.28. The second kappa shape index (κ2) is 26.2. The van der Waals surface area contributed by atoms with Gasteiger partial charge in [0.15, 0.2) is 4.34 Å². The van der Waals surface area contributed by atoms with Crippen molar-refractivity contribution >= 4 is 47.4 Å². The SMILES string of the molecule is C=NCC=C(/C=C\C)N1CCN(C(C)=O)CC1.CC.CC.CC.CCSc1nc(C)c(C2=NC(=NC)NCC=C2)s1. The summed E-state index contributed by atoms with van der Waals surface area (Å²) in [4.78, 5) is 33.6. The van der Waals surface area contributed by atoms with Crippen LogP contribution in [0.2, 0.25) is 0 Å². The first-order valence-corrected chi connectivity index (χ1v) is 16.6. The number of carbonyl (C=O) groups excluding carboxylic acids is 1. The average molecular weight is 606 g/mol. The normalized spacial score (nSPS) is 15.4. The van der Waals surface area contributed by atoms with Crippen molar-refractivity contribution < 1.29 is 4.79 Å². The Bertz CT molecular complexity index is 1000. The fourth-order valence-corrected chi connectivity index (χ4v) is 5.53. The molecule has 2 aliphatic heterocycles. The zero-order chi connectivity index (χ0) is 31.6. The molecule has 3 rings (SSSR count). The van der Waals surface area contributed by atoms with Gasteiger partial charge in [-0.15, -0.1) is 11.3 Å². The van der Waals surface area contributed by atoms with Crippen molar-refractivity contribution in [2.75, 3.05) is 52.1 Å². The first-order valence-electron chi connectivity index (χ1n) is 14.8. The topological polar surface area (TPSA) is 85.5 Å². The number of thiazole rings is 1.